The molecule has 4 heteroatoms. The molecule has 2 rings (SSSR count). The van der Waals surface area contributed by atoms with Crippen LogP contribution in [-0.4, -0.2) is 39.4 Å². The Bertz CT molecular complexity index is 340. The average molecular weight is 285 g/mol. The van der Waals surface area contributed by atoms with Gasteiger partial charge in [-0.15, -0.1) is 0 Å². The van der Waals surface area contributed by atoms with Crippen LogP contribution in [0, 0.1) is 0 Å². The number of ether oxygens (including phenoxy) is 1. The number of hydrogen-bond donors (Lipinski definition) is 1. The number of anilines is 1. The molecule has 1 aliphatic heterocycles. The molecule has 16 heavy (non-hydrogen) atoms. The van der Waals surface area contributed by atoms with Gasteiger partial charge in [-0.25, -0.2) is 0 Å². The molecule has 3 nitrogen and oxygen atoms in total. The van der Waals surface area contributed by atoms with Gasteiger partial charge in [-0.05, 0) is 28.1 Å². The van der Waals surface area contributed by atoms with Crippen LogP contribution in [0.25, 0.3) is 0 Å². The Morgan fingerprint density at radius 2 is 2.31 bits per heavy atom. The molecule has 1 heterocycles. The molecule has 1 saturated heterocycles. The lowest BCUT2D eigenvalue weighted by molar-refractivity contribution is 0.0340. The second-order valence-electron chi connectivity index (χ2n) is 4.03. The summed E-state index contributed by atoms with van der Waals surface area (Å²) in [6, 6.07) is 8.25. The molecule has 0 aromatic heterocycles. The summed E-state index contributed by atoms with van der Waals surface area (Å²) in [6.07, 6.45) is 0.283. The minimum absolute atomic E-state index is 0.283. The maximum atomic E-state index is 5.69. The number of rotatable bonds is 3. The first-order chi connectivity index (χ1) is 7.77. The molecular formula is C12H17BrN2O. The Morgan fingerprint density at radius 1 is 1.50 bits per heavy atom. The van der Waals surface area contributed by atoms with Gasteiger partial charge in [-0.2, -0.15) is 0 Å². The molecule has 1 N–H and O–H groups in total. The molecule has 1 fully saturated rings. The van der Waals surface area contributed by atoms with Crippen LogP contribution in [0.5, 0.6) is 0 Å². The van der Waals surface area contributed by atoms with Gasteiger partial charge >= 0.3 is 0 Å². The first-order valence-corrected chi connectivity index (χ1v) is 6.34. The monoisotopic (exact) mass is 284 g/mol. The van der Waals surface area contributed by atoms with E-state index in [0.717, 1.165) is 30.7 Å². The lowest BCUT2D eigenvalue weighted by Gasteiger charge is -2.29. The molecule has 0 bridgehead atoms. The van der Waals surface area contributed by atoms with Crippen LogP contribution >= 0.6 is 15.9 Å². The van der Waals surface area contributed by atoms with Gasteiger partial charge in [0, 0.05) is 31.2 Å². The van der Waals surface area contributed by atoms with Crippen LogP contribution < -0.4 is 10.2 Å². The van der Waals surface area contributed by atoms with Crippen molar-refractivity contribution in [2.24, 2.45) is 0 Å². The molecule has 1 unspecified atom stereocenters. The molecule has 0 aliphatic carbocycles. The van der Waals surface area contributed by atoms with E-state index < -0.39 is 0 Å². The van der Waals surface area contributed by atoms with Crippen LogP contribution in [0.15, 0.2) is 28.7 Å². The Hall–Kier alpha value is -0.580. The summed E-state index contributed by atoms with van der Waals surface area (Å²) in [5.74, 6) is 0. The Kier molecular flexibility index (Phi) is 4.21. The molecule has 88 valence electrons. The van der Waals surface area contributed by atoms with Crippen molar-refractivity contribution < 1.29 is 4.74 Å². The maximum absolute atomic E-state index is 5.69. The van der Waals surface area contributed by atoms with Crippen molar-refractivity contribution in [3.05, 3.63) is 28.7 Å². The van der Waals surface area contributed by atoms with Crippen LogP contribution in [-0.2, 0) is 4.74 Å². The number of halogens is 1. The molecule has 0 spiro atoms. The number of para-hydroxylation sites is 1. The zero-order valence-corrected chi connectivity index (χ0v) is 11.0. The van der Waals surface area contributed by atoms with Gasteiger partial charge in [0.2, 0.25) is 0 Å². The second-order valence-corrected chi connectivity index (χ2v) is 4.88. The summed E-state index contributed by atoms with van der Waals surface area (Å²) in [4.78, 5) is 2.22. The average Bonchev–Trinajstić information content (AvgIpc) is 2.31. The molecule has 0 saturated carbocycles. The van der Waals surface area contributed by atoms with Crippen molar-refractivity contribution in [1.29, 1.82) is 0 Å². The van der Waals surface area contributed by atoms with E-state index in [0.29, 0.717) is 0 Å². The van der Waals surface area contributed by atoms with E-state index in [9.17, 15) is 0 Å². The predicted octanol–water partition coefficient (Wildman–Crippen LogP) is 1.87. The Morgan fingerprint density at radius 3 is 3.00 bits per heavy atom. The standard InChI is InChI=1S/C12H17BrN2O/c1-15(9-10-8-14-6-7-16-10)12-5-3-2-4-11(12)13/h2-5,10,14H,6-9H2,1H3. The van der Waals surface area contributed by atoms with Gasteiger partial charge in [0.05, 0.1) is 18.4 Å². The maximum Gasteiger partial charge on any atom is 0.0874 e. The van der Waals surface area contributed by atoms with E-state index in [4.69, 9.17) is 4.74 Å². The van der Waals surface area contributed by atoms with Gasteiger partial charge in [0.15, 0.2) is 0 Å². The molecular weight excluding hydrogens is 268 g/mol. The minimum Gasteiger partial charge on any atom is -0.374 e. The van der Waals surface area contributed by atoms with Crippen LogP contribution in [0.3, 0.4) is 0 Å². The molecule has 0 radical (unpaired) electrons. The van der Waals surface area contributed by atoms with Gasteiger partial charge in [-0.1, -0.05) is 12.1 Å². The highest BCUT2D eigenvalue weighted by Crippen LogP contribution is 2.24. The third kappa shape index (κ3) is 2.97. The van der Waals surface area contributed by atoms with Crippen molar-refractivity contribution in [2.45, 2.75) is 6.10 Å². The number of morpholine rings is 1. The summed E-state index contributed by atoms with van der Waals surface area (Å²) in [5.41, 5.74) is 1.21. The van der Waals surface area contributed by atoms with Crippen molar-refractivity contribution in [3.8, 4) is 0 Å². The van der Waals surface area contributed by atoms with Crippen LogP contribution in [0.2, 0.25) is 0 Å². The number of likely N-dealkylation sites (N-methyl/N-ethyl adjacent to an activating group) is 1. The normalized spacial score (nSPS) is 20.8. The molecule has 1 atom stereocenters. The lowest BCUT2D eigenvalue weighted by atomic mass is 10.2. The van der Waals surface area contributed by atoms with Gasteiger partial charge < -0.3 is 15.0 Å². The predicted molar refractivity (Wildman–Crippen MR) is 70.0 cm³/mol. The summed E-state index contributed by atoms with van der Waals surface area (Å²) in [5, 5.41) is 3.34. The minimum atomic E-state index is 0.283. The molecule has 1 aliphatic rings. The lowest BCUT2D eigenvalue weighted by Crippen LogP contribution is -2.44. The highest BCUT2D eigenvalue weighted by atomic mass is 79.9. The van der Waals surface area contributed by atoms with Crippen molar-refractivity contribution in [3.63, 3.8) is 0 Å². The topological polar surface area (TPSA) is 24.5 Å². The largest absolute Gasteiger partial charge is 0.374 e. The van der Waals surface area contributed by atoms with Crippen molar-refractivity contribution in [2.75, 3.05) is 38.2 Å². The van der Waals surface area contributed by atoms with E-state index in [1.807, 2.05) is 6.07 Å². The van der Waals surface area contributed by atoms with Gasteiger partial charge in [0.1, 0.15) is 0 Å². The number of benzene rings is 1. The van der Waals surface area contributed by atoms with E-state index in [1.165, 1.54) is 5.69 Å². The van der Waals surface area contributed by atoms with Crippen molar-refractivity contribution >= 4 is 21.6 Å². The fourth-order valence-electron chi connectivity index (χ4n) is 1.90. The summed E-state index contributed by atoms with van der Waals surface area (Å²) in [6.45, 7) is 3.63. The Labute approximate surface area is 105 Å². The molecule has 1 aromatic rings. The smallest absolute Gasteiger partial charge is 0.0874 e. The summed E-state index contributed by atoms with van der Waals surface area (Å²) in [7, 11) is 2.10. The number of hydrogen-bond acceptors (Lipinski definition) is 3. The van der Waals surface area contributed by atoms with Crippen LogP contribution in [0.1, 0.15) is 0 Å². The molecule has 1 aromatic carbocycles. The Balaban J connectivity index is 1.96. The van der Waals surface area contributed by atoms with Gasteiger partial charge in [0.25, 0.3) is 0 Å². The first-order valence-electron chi connectivity index (χ1n) is 5.55. The third-order valence-electron chi connectivity index (χ3n) is 2.75. The molecule has 0 amide bonds. The summed E-state index contributed by atoms with van der Waals surface area (Å²) < 4.78 is 6.82. The zero-order chi connectivity index (χ0) is 11.4. The highest BCUT2D eigenvalue weighted by molar-refractivity contribution is 9.10. The van der Waals surface area contributed by atoms with E-state index in [2.05, 4.69) is 51.4 Å². The SMILES string of the molecule is CN(CC1CNCCO1)c1ccccc1Br. The fourth-order valence-corrected chi connectivity index (χ4v) is 2.49. The summed E-state index contributed by atoms with van der Waals surface area (Å²) >= 11 is 3.56. The van der Waals surface area contributed by atoms with E-state index >= 15 is 0 Å². The fraction of sp³-hybridized carbons (Fsp3) is 0.500. The van der Waals surface area contributed by atoms with E-state index in [-0.39, 0.29) is 6.10 Å². The number of nitrogens with zero attached hydrogens (tertiary/aromatic N) is 1. The van der Waals surface area contributed by atoms with Crippen molar-refractivity contribution in [1.82, 2.24) is 5.32 Å². The van der Waals surface area contributed by atoms with Gasteiger partial charge in [-0.3, -0.25) is 0 Å². The van der Waals surface area contributed by atoms with E-state index in [1.54, 1.807) is 0 Å². The number of nitrogens with one attached hydrogen (secondary N) is 1. The zero-order valence-electron chi connectivity index (χ0n) is 9.45. The van der Waals surface area contributed by atoms with Crippen LogP contribution in [0.4, 0.5) is 5.69 Å². The quantitative estimate of drug-likeness (QED) is 0.917. The first kappa shape index (κ1) is 11.9. The third-order valence-corrected chi connectivity index (χ3v) is 3.42. The highest BCUT2D eigenvalue weighted by Gasteiger charge is 2.16. The second kappa shape index (κ2) is 5.66.